The Bertz CT molecular complexity index is 445. The number of carboxylic acids is 1. The molecule has 1 amide bonds. The number of rotatable bonds is 2. The van der Waals surface area contributed by atoms with Gasteiger partial charge in [-0.05, 0) is 22.0 Å². The fourth-order valence-electron chi connectivity index (χ4n) is 1.77. The summed E-state index contributed by atoms with van der Waals surface area (Å²) in [5.41, 5.74) is 0.346. The van der Waals surface area contributed by atoms with Crippen molar-refractivity contribution >= 4 is 27.8 Å². The monoisotopic (exact) mass is 302 g/mol. The van der Waals surface area contributed by atoms with Crippen molar-refractivity contribution in [3.05, 3.63) is 22.6 Å². The lowest BCUT2D eigenvalue weighted by Crippen LogP contribution is -2.56. The highest BCUT2D eigenvalue weighted by Gasteiger charge is 2.33. The van der Waals surface area contributed by atoms with E-state index in [2.05, 4.69) is 21.2 Å². The number of carboxylic acid groups (broad SMARTS) is 1. The van der Waals surface area contributed by atoms with Crippen LogP contribution in [0.25, 0.3) is 0 Å². The van der Waals surface area contributed by atoms with Gasteiger partial charge in [0, 0.05) is 19.6 Å². The van der Waals surface area contributed by atoms with Gasteiger partial charge in [0.25, 0.3) is 5.91 Å². The molecule has 1 fully saturated rings. The van der Waals surface area contributed by atoms with E-state index in [0.29, 0.717) is 23.3 Å². The zero-order valence-corrected chi connectivity index (χ0v) is 10.4. The van der Waals surface area contributed by atoms with Crippen LogP contribution >= 0.6 is 15.9 Å². The second-order valence-corrected chi connectivity index (χ2v) is 4.38. The van der Waals surface area contributed by atoms with Crippen molar-refractivity contribution in [2.45, 2.75) is 6.04 Å². The highest BCUT2D eigenvalue weighted by molar-refractivity contribution is 9.10. The van der Waals surface area contributed by atoms with Gasteiger partial charge in [0.1, 0.15) is 6.04 Å². The number of hydrogen-bond donors (Lipinski definition) is 2. The van der Waals surface area contributed by atoms with Crippen molar-refractivity contribution in [1.82, 2.24) is 10.2 Å². The fourth-order valence-corrected chi connectivity index (χ4v) is 2.18. The Kier molecular flexibility index (Phi) is 3.49. The molecular weight excluding hydrogens is 292 g/mol. The van der Waals surface area contributed by atoms with Crippen LogP contribution in [0.4, 0.5) is 0 Å². The van der Waals surface area contributed by atoms with Crippen molar-refractivity contribution in [2.24, 2.45) is 0 Å². The molecule has 2 rings (SSSR count). The molecule has 7 heteroatoms. The molecule has 0 aromatic carbocycles. The topological polar surface area (TPSA) is 82.8 Å². The van der Waals surface area contributed by atoms with Crippen LogP contribution in [0.2, 0.25) is 0 Å². The van der Waals surface area contributed by atoms with E-state index in [1.807, 2.05) is 0 Å². The summed E-state index contributed by atoms with van der Waals surface area (Å²) >= 11 is 3.11. The highest BCUT2D eigenvalue weighted by Crippen LogP contribution is 2.20. The summed E-state index contributed by atoms with van der Waals surface area (Å²) in [6.07, 6.45) is 1.38. The first-order chi connectivity index (χ1) is 8.11. The van der Waals surface area contributed by atoms with Gasteiger partial charge in [-0.2, -0.15) is 0 Å². The van der Waals surface area contributed by atoms with E-state index in [9.17, 15) is 9.59 Å². The van der Waals surface area contributed by atoms with Gasteiger partial charge in [0.15, 0.2) is 4.67 Å². The van der Waals surface area contributed by atoms with E-state index >= 15 is 0 Å². The zero-order chi connectivity index (χ0) is 12.4. The summed E-state index contributed by atoms with van der Waals surface area (Å²) < 4.78 is 5.30. The van der Waals surface area contributed by atoms with Crippen LogP contribution < -0.4 is 5.32 Å². The number of carbonyl (C=O) groups is 2. The molecule has 1 atom stereocenters. The molecular formula is C10H11BrN2O4. The largest absolute Gasteiger partial charge is 0.480 e. The summed E-state index contributed by atoms with van der Waals surface area (Å²) in [6, 6.07) is 0.686. The molecule has 2 heterocycles. The Morgan fingerprint density at radius 1 is 1.59 bits per heavy atom. The Balaban J connectivity index is 2.23. The normalized spacial score (nSPS) is 20.3. The summed E-state index contributed by atoms with van der Waals surface area (Å²) in [4.78, 5) is 24.5. The first-order valence-electron chi connectivity index (χ1n) is 5.08. The molecule has 1 aliphatic rings. The van der Waals surface area contributed by atoms with E-state index in [-0.39, 0.29) is 12.5 Å². The maximum Gasteiger partial charge on any atom is 0.327 e. The smallest absolute Gasteiger partial charge is 0.327 e. The van der Waals surface area contributed by atoms with Crippen LogP contribution in [-0.2, 0) is 4.79 Å². The van der Waals surface area contributed by atoms with Crippen molar-refractivity contribution in [3.63, 3.8) is 0 Å². The molecule has 0 radical (unpaired) electrons. The third-order valence-corrected chi connectivity index (χ3v) is 3.25. The van der Waals surface area contributed by atoms with E-state index in [1.165, 1.54) is 17.2 Å². The van der Waals surface area contributed by atoms with Crippen LogP contribution in [0, 0.1) is 0 Å². The van der Waals surface area contributed by atoms with Gasteiger partial charge in [-0.3, -0.25) is 4.79 Å². The lowest BCUT2D eigenvalue weighted by atomic mass is 10.1. The Labute approximate surface area is 106 Å². The molecule has 1 aliphatic heterocycles. The number of aliphatic carboxylic acids is 1. The molecule has 17 heavy (non-hydrogen) atoms. The molecule has 2 N–H and O–H groups in total. The predicted octanol–water partition coefficient (Wildman–Crippen LogP) is 0.541. The van der Waals surface area contributed by atoms with Crippen molar-refractivity contribution in [3.8, 4) is 0 Å². The van der Waals surface area contributed by atoms with E-state index in [1.54, 1.807) is 0 Å². The van der Waals surface area contributed by atoms with Crippen LogP contribution in [0.1, 0.15) is 10.4 Å². The Morgan fingerprint density at radius 3 is 2.94 bits per heavy atom. The fraction of sp³-hybridized carbons (Fsp3) is 0.400. The summed E-state index contributed by atoms with van der Waals surface area (Å²) in [5, 5.41) is 12.0. The minimum atomic E-state index is -1.01. The molecule has 0 saturated carbocycles. The molecule has 0 aliphatic carbocycles. The number of amides is 1. The number of nitrogens with zero attached hydrogens (tertiary/aromatic N) is 1. The summed E-state index contributed by atoms with van der Waals surface area (Å²) in [6.45, 7) is 1.22. The van der Waals surface area contributed by atoms with E-state index in [4.69, 9.17) is 9.52 Å². The molecule has 92 valence electrons. The molecule has 1 saturated heterocycles. The molecule has 6 nitrogen and oxygen atoms in total. The van der Waals surface area contributed by atoms with Crippen molar-refractivity contribution in [2.75, 3.05) is 19.6 Å². The quantitative estimate of drug-likeness (QED) is 0.833. The number of nitrogens with one attached hydrogen (secondary N) is 1. The average molecular weight is 303 g/mol. The Morgan fingerprint density at radius 2 is 2.35 bits per heavy atom. The molecule has 1 aromatic rings. The maximum absolute atomic E-state index is 12.1. The van der Waals surface area contributed by atoms with Crippen LogP contribution in [0.3, 0.4) is 0 Å². The predicted molar refractivity (Wildman–Crippen MR) is 61.7 cm³/mol. The lowest BCUT2D eigenvalue weighted by molar-refractivity contribution is -0.142. The third kappa shape index (κ3) is 2.34. The first kappa shape index (κ1) is 12.1. The zero-order valence-electron chi connectivity index (χ0n) is 8.85. The third-order valence-electron chi connectivity index (χ3n) is 2.64. The van der Waals surface area contributed by atoms with E-state index < -0.39 is 12.0 Å². The van der Waals surface area contributed by atoms with Crippen LogP contribution in [0.15, 0.2) is 21.4 Å². The van der Waals surface area contributed by atoms with Gasteiger partial charge in [0.2, 0.25) is 0 Å². The maximum atomic E-state index is 12.1. The Hall–Kier alpha value is -1.34. The highest BCUT2D eigenvalue weighted by atomic mass is 79.9. The van der Waals surface area contributed by atoms with Gasteiger partial charge in [-0.15, -0.1) is 0 Å². The van der Waals surface area contributed by atoms with Gasteiger partial charge in [-0.25, -0.2) is 4.79 Å². The standard InChI is InChI=1S/C10H11BrN2O4/c11-8-6(1-4-17-8)9(14)13-3-2-12-5-7(13)10(15)16/h1,4,7,12H,2-3,5H2,(H,15,16). The average Bonchev–Trinajstić information content (AvgIpc) is 2.74. The lowest BCUT2D eigenvalue weighted by Gasteiger charge is -2.33. The van der Waals surface area contributed by atoms with Gasteiger partial charge < -0.3 is 19.7 Å². The van der Waals surface area contributed by atoms with Gasteiger partial charge >= 0.3 is 5.97 Å². The molecule has 1 unspecified atom stereocenters. The second kappa shape index (κ2) is 4.89. The van der Waals surface area contributed by atoms with E-state index in [0.717, 1.165) is 0 Å². The van der Waals surface area contributed by atoms with Crippen LogP contribution in [0.5, 0.6) is 0 Å². The van der Waals surface area contributed by atoms with Crippen LogP contribution in [-0.4, -0.2) is 47.6 Å². The van der Waals surface area contributed by atoms with Crippen molar-refractivity contribution in [1.29, 1.82) is 0 Å². The number of hydrogen-bond acceptors (Lipinski definition) is 4. The second-order valence-electron chi connectivity index (χ2n) is 3.66. The SMILES string of the molecule is O=C(O)C1CNCCN1C(=O)c1ccoc1Br. The minimum absolute atomic E-state index is 0.260. The molecule has 1 aromatic heterocycles. The van der Waals surface area contributed by atoms with Crippen molar-refractivity contribution < 1.29 is 19.1 Å². The summed E-state index contributed by atoms with van der Waals surface area (Å²) in [7, 11) is 0. The number of furan rings is 1. The minimum Gasteiger partial charge on any atom is -0.480 e. The summed E-state index contributed by atoms with van der Waals surface area (Å²) in [5.74, 6) is -1.34. The first-order valence-corrected chi connectivity index (χ1v) is 5.88. The van der Waals surface area contributed by atoms with Gasteiger partial charge in [0.05, 0.1) is 11.8 Å². The molecule has 0 spiro atoms. The molecule has 0 bridgehead atoms. The number of halogens is 1. The number of piperazine rings is 1. The van der Waals surface area contributed by atoms with Gasteiger partial charge in [-0.1, -0.05) is 0 Å². The number of carbonyl (C=O) groups excluding carboxylic acids is 1.